The molecule has 0 unspecified atom stereocenters. The topological polar surface area (TPSA) is 86.1 Å². The van der Waals surface area contributed by atoms with E-state index in [4.69, 9.17) is 4.74 Å². The molecule has 4 aromatic rings. The van der Waals surface area contributed by atoms with Crippen LogP contribution in [0.5, 0.6) is 0 Å². The average Bonchev–Trinajstić information content (AvgIpc) is 3.42. The highest BCUT2D eigenvalue weighted by Crippen LogP contribution is 2.38. The lowest BCUT2D eigenvalue weighted by atomic mass is 10.1. The molecule has 0 bridgehead atoms. The molecule has 4 heterocycles. The van der Waals surface area contributed by atoms with Gasteiger partial charge in [-0.2, -0.15) is 5.10 Å². The van der Waals surface area contributed by atoms with Crippen LogP contribution in [0.3, 0.4) is 0 Å². The minimum atomic E-state index is -0.455. The first kappa shape index (κ1) is 19.3. The number of nitrogens with one attached hydrogen (secondary N) is 1. The molecule has 0 aromatic carbocycles. The molecule has 0 aliphatic rings. The minimum Gasteiger partial charge on any atom is -0.462 e. The van der Waals surface area contributed by atoms with Gasteiger partial charge < -0.3 is 10.1 Å². The highest BCUT2D eigenvalue weighted by Gasteiger charge is 2.24. The van der Waals surface area contributed by atoms with E-state index in [1.165, 1.54) is 28.9 Å². The van der Waals surface area contributed by atoms with E-state index < -0.39 is 5.97 Å². The highest BCUT2D eigenvalue weighted by molar-refractivity contribution is 7.17. The van der Waals surface area contributed by atoms with Gasteiger partial charge in [0.25, 0.3) is 5.91 Å². The number of rotatable bonds is 5. The van der Waals surface area contributed by atoms with E-state index in [1.54, 1.807) is 17.7 Å². The maximum atomic E-state index is 12.9. The molecule has 0 atom stereocenters. The molecule has 0 radical (unpaired) electrons. The number of thiophene rings is 2. The van der Waals surface area contributed by atoms with Gasteiger partial charge in [0, 0.05) is 34.5 Å². The first-order valence-corrected chi connectivity index (χ1v) is 10.7. The Balaban J connectivity index is 1.69. The zero-order valence-corrected chi connectivity index (χ0v) is 17.7. The number of anilines is 1. The van der Waals surface area contributed by atoms with Gasteiger partial charge in [0.2, 0.25) is 0 Å². The molecule has 9 heteroatoms. The molecular formula is C20H18N4O3S2. The van der Waals surface area contributed by atoms with Crippen LogP contribution in [0.4, 0.5) is 5.00 Å². The molecular weight excluding hydrogens is 408 g/mol. The average molecular weight is 427 g/mol. The molecule has 29 heavy (non-hydrogen) atoms. The molecule has 0 aliphatic carbocycles. The number of aryl methyl sites for hydroxylation is 2. The lowest BCUT2D eigenvalue weighted by Gasteiger charge is -2.08. The molecule has 0 saturated heterocycles. The summed E-state index contributed by atoms with van der Waals surface area (Å²) in [6.07, 6.45) is 1.51. The van der Waals surface area contributed by atoms with Crippen molar-refractivity contribution in [2.75, 3.05) is 11.9 Å². The fourth-order valence-corrected chi connectivity index (χ4v) is 4.84. The van der Waals surface area contributed by atoms with Crippen LogP contribution in [-0.4, -0.2) is 33.2 Å². The normalized spacial score (nSPS) is 11.0. The Morgan fingerprint density at radius 1 is 1.31 bits per heavy atom. The second kappa shape index (κ2) is 7.76. The van der Waals surface area contributed by atoms with Crippen LogP contribution in [0, 0.1) is 6.92 Å². The minimum absolute atomic E-state index is 0.257. The zero-order valence-electron chi connectivity index (χ0n) is 16.1. The van der Waals surface area contributed by atoms with Crippen molar-refractivity contribution in [1.82, 2.24) is 14.8 Å². The molecule has 4 rings (SSSR count). The van der Waals surface area contributed by atoms with E-state index in [-0.39, 0.29) is 12.5 Å². The number of pyridine rings is 1. The van der Waals surface area contributed by atoms with Crippen LogP contribution < -0.4 is 5.32 Å². The predicted molar refractivity (Wildman–Crippen MR) is 115 cm³/mol. The van der Waals surface area contributed by atoms with Crippen molar-refractivity contribution in [3.8, 4) is 10.4 Å². The Morgan fingerprint density at radius 2 is 2.14 bits per heavy atom. The second-order valence-corrected chi connectivity index (χ2v) is 8.14. The van der Waals surface area contributed by atoms with Crippen LogP contribution in [0.25, 0.3) is 21.5 Å². The van der Waals surface area contributed by atoms with Crippen LogP contribution in [-0.2, 0) is 11.8 Å². The van der Waals surface area contributed by atoms with E-state index in [2.05, 4.69) is 15.4 Å². The third-order valence-electron chi connectivity index (χ3n) is 4.41. The van der Waals surface area contributed by atoms with Gasteiger partial charge in [-0.1, -0.05) is 6.07 Å². The van der Waals surface area contributed by atoms with Crippen molar-refractivity contribution < 1.29 is 14.3 Å². The Morgan fingerprint density at radius 3 is 2.86 bits per heavy atom. The number of carbonyl (C=O) groups excluding carboxylic acids is 2. The van der Waals surface area contributed by atoms with Crippen LogP contribution in [0.1, 0.15) is 33.3 Å². The van der Waals surface area contributed by atoms with Crippen molar-refractivity contribution >= 4 is 50.6 Å². The number of fused-ring (bicyclic) bond motifs is 1. The van der Waals surface area contributed by atoms with Crippen molar-refractivity contribution in [3.63, 3.8) is 0 Å². The highest BCUT2D eigenvalue weighted by atomic mass is 32.1. The maximum absolute atomic E-state index is 12.9. The largest absolute Gasteiger partial charge is 0.462 e. The third kappa shape index (κ3) is 3.54. The smallest absolute Gasteiger partial charge is 0.341 e. The molecule has 0 saturated carbocycles. The van der Waals surface area contributed by atoms with Gasteiger partial charge in [-0.15, -0.1) is 22.7 Å². The van der Waals surface area contributed by atoms with E-state index in [9.17, 15) is 9.59 Å². The van der Waals surface area contributed by atoms with Gasteiger partial charge in [0.05, 0.1) is 17.9 Å². The fourth-order valence-electron chi connectivity index (χ4n) is 3.08. The number of aromatic nitrogens is 3. The van der Waals surface area contributed by atoms with E-state index in [0.717, 1.165) is 21.5 Å². The van der Waals surface area contributed by atoms with Crippen molar-refractivity contribution in [3.05, 3.63) is 52.0 Å². The summed E-state index contributed by atoms with van der Waals surface area (Å²) in [5.41, 5.74) is 3.04. The van der Waals surface area contributed by atoms with E-state index in [1.807, 2.05) is 36.9 Å². The SMILES string of the molecule is CCOC(=O)c1c(-c2cccs2)csc1NC(=O)c1cnc2c(c1)c(C)nn2C. The summed E-state index contributed by atoms with van der Waals surface area (Å²) in [7, 11) is 1.81. The maximum Gasteiger partial charge on any atom is 0.341 e. The third-order valence-corrected chi connectivity index (χ3v) is 6.21. The lowest BCUT2D eigenvalue weighted by molar-refractivity contribution is 0.0529. The van der Waals surface area contributed by atoms with Crippen LogP contribution >= 0.6 is 22.7 Å². The molecule has 148 valence electrons. The number of hydrogen-bond acceptors (Lipinski definition) is 7. The number of esters is 1. The molecule has 1 amide bonds. The van der Waals surface area contributed by atoms with Gasteiger partial charge in [-0.3, -0.25) is 9.48 Å². The standard InChI is InChI=1S/C20H18N4O3S2/c1-4-27-20(26)16-14(15-6-5-7-28-15)10-29-19(16)22-18(25)12-8-13-11(2)23-24(3)17(13)21-9-12/h5-10H,4H2,1-3H3,(H,22,25). The fraction of sp³-hybridized carbons (Fsp3) is 0.200. The number of nitrogens with zero attached hydrogens (tertiary/aromatic N) is 3. The van der Waals surface area contributed by atoms with Crippen LogP contribution in [0.2, 0.25) is 0 Å². The Hall–Kier alpha value is -3.04. The van der Waals surface area contributed by atoms with E-state index >= 15 is 0 Å². The Labute approximate surface area is 175 Å². The van der Waals surface area contributed by atoms with E-state index in [0.29, 0.717) is 21.8 Å². The summed E-state index contributed by atoms with van der Waals surface area (Å²) in [5.74, 6) is -0.795. The predicted octanol–water partition coefficient (Wildman–Crippen LogP) is 4.50. The Kier molecular flexibility index (Phi) is 5.16. The summed E-state index contributed by atoms with van der Waals surface area (Å²) in [6, 6.07) is 5.61. The molecule has 0 aliphatic heterocycles. The molecule has 4 aromatic heterocycles. The number of ether oxygens (including phenoxy) is 1. The summed E-state index contributed by atoms with van der Waals surface area (Å²) in [5, 5.41) is 12.3. The quantitative estimate of drug-likeness (QED) is 0.475. The monoisotopic (exact) mass is 426 g/mol. The van der Waals surface area contributed by atoms with Crippen molar-refractivity contribution in [2.45, 2.75) is 13.8 Å². The van der Waals surface area contributed by atoms with Crippen LogP contribution in [0.15, 0.2) is 35.2 Å². The summed E-state index contributed by atoms with van der Waals surface area (Å²) in [4.78, 5) is 30.8. The van der Waals surface area contributed by atoms with Crippen molar-refractivity contribution in [2.24, 2.45) is 7.05 Å². The summed E-state index contributed by atoms with van der Waals surface area (Å²) in [6.45, 7) is 3.88. The first-order valence-electron chi connectivity index (χ1n) is 8.92. The van der Waals surface area contributed by atoms with Gasteiger partial charge in [-0.25, -0.2) is 9.78 Å². The molecule has 0 fully saturated rings. The molecule has 7 nitrogen and oxygen atoms in total. The lowest BCUT2D eigenvalue weighted by Crippen LogP contribution is -2.15. The van der Waals surface area contributed by atoms with Gasteiger partial charge in [0.1, 0.15) is 10.6 Å². The van der Waals surface area contributed by atoms with Crippen molar-refractivity contribution in [1.29, 1.82) is 0 Å². The first-order chi connectivity index (χ1) is 14.0. The van der Waals surface area contributed by atoms with Gasteiger partial charge in [0.15, 0.2) is 5.65 Å². The summed E-state index contributed by atoms with van der Waals surface area (Å²) >= 11 is 2.83. The zero-order chi connectivity index (χ0) is 20.5. The molecule has 1 N–H and O–H groups in total. The molecule has 0 spiro atoms. The number of amides is 1. The number of hydrogen-bond donors (Lipinski definition) is 1. The summed E-state index contributed by atoms with van der Waals surface area (Å²) < 4.78 is 6.91. The van der Waals surface area contributed by atoms with Gasteiger partial charge >= 0.3 is 5.97 Å². The number of carbonyl (C=O) groups is 2. The second-order valence-electron chi connectivity index (χ2n) is 6.31. The Bertz CT molecular complexity index is 1210. The van der Waals surface area contributed by atoms with Gasteiger partial charge in [-0.05, 0) is 31.4 Å².